The molecule has 0 radical (unpaired) electrons. The van der Waals surface area contributed by atoms with E-state index < -0.39 is 5.76 Å². The highest BCUT2D eigenvalue weighted by molar-refractivity contribution is 8.00. The summed E-state index contributed by atoms with van der Waals surface area (Å²) in [6, 6.07) is 4.49. The number of benzene rings is 1. The predicted octanol–water partition coefficient (Wildman–Crippen LogP) is 1.70. The molecule has 3 heterocycles. The van der Waals surface area contributed by atoms with Gasteiger partial charge in [0.25, 0.3) is 0 Å². The van der Waals surface area contributed by atoms with Gasteiger partial charge >= 0.3 is 5.76 Å². The van der Waals surface area contributed by atoms with Crippen LogP contribution in [0.3, 0.4) is 0 Å². The second-order valence-corrected chi connectivity index (χ2v) is 7.12. The topological polar surface area (TPSA) is 99.0 Å². The summed E-state index contributed by atoms with van der Waals surface area (Å²) in [6.07, 6.45) is 0.594. The largest absolute Gasteiger partial charge is 0.442 e. The normalized spacial score (nSPS) is 19.2. The molecule has 1 N–H and O–H groups in total. The van der Waals surface area contributed by atoms with E-state index in [4.69, 9.17) is 9.15 Å². The monoisotopic (exact) mass is 361 g/mol. The van der Waals surface area contributed by atoms with Crippen LogP contribution in [0.15, 0.2) is 32.1 Å². The average molecular weight is 361 g/mol. The van der Waals surface area contributed by atoms with E-state index in [0.29, 0.717) is 17.9 Å². The molecular formula is C15H12FN5O3S. The third-order valence-electron chi connectivity index (χ3n) is 4.51. The summed E-state index contributed by atoms with van der Waals surface area (Å²) < 4.78 is 24.6. The van der Waals surface area contributed by atoms with Crippen molar-refractivity contribution in [2.45, 2.75) is 18.5 Å². The summed E-state index contributed by atoms with van der Waals surface area (Å²) in [4.78, 5) is 12.2. The molecule has 1 fully saturated rings. The number of halogens is 1. The van der Waals surface area contributed by atoms with Crippen LogP contribution < -0.4 is 11.1 Å². The van der Waals surface area contributed by atoms with Crippen LogP contribution in [-0.4, -0.2) is 37.6 Å². The molecule has 1 saturated heterocycles. The lowest BCUT2D eigenvalue weighted by Gasteiger charge is -2.30. The Balaban J connectivity index is 1.55. The molecule has 0 spiro atoms. The van der Waals surface area contributed by atoms with E-state index >= 15 is 0 Å². The Morgan fingerprint density at radius 1 is 1.28 bits per heavy atom. The van der Waals surface area contributed by atoms with Gasteiger partial charge < -0.3 is 5.32 Å². The fraction of sp³-hybridized carbons (Fsp3) is 0.333. The molecule has 10 heteroatoms. The average Bonchev–Trinajstić information content (AvgIpc) is 3.14. The van der Waals surface area contributed by atoms with Gasteiger partial charge in [0.05, 0.1) is 6.04 Å². The van der Waals surface area contributed by atoms with E-state index in [1.54, 1.807) is 6.07 Å². The molecule has 25 heavy (non-hydrogen) atoms. The summed E-state index contributed by atoms with van der Waals surface area (Å²) >= 11 is 1.82. The summed E-state index contributed by atoms with van der Waals surface area (Å²) in [5.74, 6) is 1.61. The van der Waals surface area contributed by atoms with Crippen molar-refractivity contribution in [1.82, 2.24) is 20.0 Å². The zero-order chi connectivity index (χ0) is 17.0. The van der Waals surface area contributed by atoms with Crippen LogP contribution in [0.25, 0.3) is 11.5 Å². The van der Waals surface area contributed by atoms with Crippen molar-refractivity contribution in [2.24, 2.45) is 0 Å². The number of aromatic nitrogens is 4. The Kier molecular flexibility index (Phi) is 3.20. The van der Waals surface area contributed by atoms with E-state index in [1.807, 2.05) is 11.8 Å². The van der Waals surface area contributed by atoms with E-state index in [1.165, 1.54) is 16.7 Å². The molecule has 8 nitrogen and oxygen atoms in total. The Labute approximate surface area is 144 Å². The number of thioether (sulfide) groups is 1. The Morgan fingerprint density at radius 2 is 2.16 bits per heavy atom. The SMILES string of the molecule is O=c1onc(-c2nonc2NC2CSC2)n1[C@H]1Cc2ccc(F)cc21. The lowest BCUT2D eigenvalue weighted by Crippen LogP contribution is -2.34. The lowest BCUT2D eigenvalue weighted by molar-refractivity contribution is 0.309. The first-order valence-electron chi connectivity index (χ1n) is 7.74. The Morgan fingerprint density at radius 3 is 2.96 bits per heavy atom. The van der Waals surface area contributed by atoms with E-state index in [-0.39, 0.29) is 23.7 Å². The van der Waals surface area contributed by atoms with E-state index in [0.717, 1.165) is 22.6 Å². The van der Waals surface area contributed by atoms with Gasteiger partial charge in [0.15, 0.2) is 5.69 Å². The van der Waals surface area contributed by atoms with Crippen molar-refractivity contribution in [2.75, 3.05) is 16.8 Å². The predicted molar refractivity (Wildman–Crippen MR) is 87.0 cm³/mol. The third kappa shape index (κ3) is 2.28. The molecule has 0 bridgehead atoms. The van der Waals surface area contributed by atoms with Crippen LogP contribution in [0.1, 0.15) is 17.2 Å². The van der Waals surface area contributed by atoms with Crippen molar-refractivity contribution in [3.05, 3.63) is 45.7 Å². The van der Waals surface area contributed by atoms with Crippen LogP contribution in [0, 0.1) is 5.82 Å². The number of fused-ring (bicyclic) bond motifs is 1. The lowest BCUT2D eigenvalue weighted by atomic mass is 9.83. The third-order valence-corrected chi connectivity index (χ3v) is 5.78. The summed E-state index contributed by atoms with van der Waals surface area (Å²) in [5.41, 5.74) is 2.05. The number of anilines is 1. The highest BCUT2D eigenvalue weighted by Gasteiger charge is 2.35. The van der Waals surface area contributed by atoms with Crippen molar-refractivity contribution < 1.29 is 13.5 Å². The van der Waals surface area contributed by atoms with Crippen LogP contribution in [0.4, 0.5) is 10.2 Å². The molecule has 0 amide bonds. The minimum atomic E-state index is -0.622. The number of nitrogens with zero attached hydrogens (tertiary/aromatic N) is 4. The Hall–Kier alpha value is -2.62. The first kappa shape index (κ1) is 14.7. The number of rotatable bonds is 4. The van der Waals surface area contributed by atoms with E-state index in [2.05, 4.69) is 20.8 Å². The highest BCUT2D eigenvalue weighted by Crippen LogP contribution is 2.38. The highest BCUT2D eigenvalue weighted by atomic mass is 32.2. The molecule has 128 valence electrons. The van der Waals surface area contributed by atoms with Gasteiger partial charge in [-0.25, -0.2) is 18.4 Å². The molecule has 2 aliphatic rings. The van der Waals surface area contributed by atoms with Gasteiger partial charge in [0, 0.05) is 17.5 Å². The molecule has 2 aromatic heterocycles. The summed E-state index contributed by atoms with van der Waals surface area (Å²) in [7, 11) is 0. The summed E-state index contributed by atoms with van der Waals surface area (Å²) in [5, 5.41) is 14.8. The smallest absolute Gasteiger partial charge is 0.361 e. The second kappa shape index (κ2) is 5.45. The molecule has 1 atom stereocenters. The molecule has 5 rings (SSSR count). The van der Waals surface area contributed by atoms with Gasteiger partial charge in [-0.05, 0) is 40.0 Å². The number of hydrogen-bond donors (Lipinski definition) is 1. The first-order chi connectivity index (χ1) is 12.2. The van der Waals surface area contributed by atoms with Gasteiger partial charge in [-0.3, -0.25) is 4.52 Å². The molecular weight excluding hydrogens is 349 g/mol. The zero-order valence-electron chi connectivity index (χ0n) is 12.8. The van der Waals surface area contributed by atoms with Crippen molar-refractivity contribution >= 4 is 17.6 Å². The molecule has 1 aliphatic heterocycles. The van der Waals surface area contributed by atoms with Gasteiger partial charge in [0.1, 0.15) is 5.82 Å². The van der Waals surface area contributed by atoms with Gasteiger partial charge in [0.2, 0.25) is 11.6 Å². The molecule has 3 aromatic rings. The maximum atomic E-state index is 13.5. The fourth-order valence-electron chi connectivity index (χ4n) is 3.11. The quantitative estimate of drug-likeness (QED) is 0.750. The zero-order valence-corrected chi connectivity index (χ0v) is 13.6. The molecule has 1 aromatic carbocycles. The molecule has 1 aliphatic carbocycles. The van der Waals surface area contributed by atoms with Gasteiger partial charge in [-0.15, -0.1) is 0 Å². The fourth-order valence-corrected chi connectivity index (χ4v) is 3.75. The maximum Gasteiger partial charge on any atom is 0.442 e. The number of hydrogen-bond acceptors (Lipinski definition) is 8. The van der Waals surface area contributed by atoms with Crippen LogP contribution in [0.2, 0.25) is 0 Å². The maximum absolute atomic E-state index is 13.5. The van der Waals surface area contributed by atoms with Crippen LogP contribution in [0.5, 0.6) is 0 Å². The summed E-state index contributed by atoms with van der Waals surface area (Å²) in [6.45, 7) is 0. The van der Waals surface area contributed by atoms with E-state index in [9.17, 15) is 9.18 Å². The van der Waals surface area contributed by atoms with Gasteiger partial charge in [-0.2, -0.15) is 11.8 Å². The Bertz CT molecular complexity index is 1010. The van der Waals surface area contributed by atoms with Crippen molar-refractivity contribution in [1.29, 1.82) is 0 Å². The number of nitrogens with one attached hydrogen (secondary N) is 1. The minimum Gasteiger partial charge on any atom is -0.361 e. The second-order valence-electron chi connectivity index (χ2n) is 6.05. The van der Waals surface area contributed by atoms with Gasteiger partial charge in [-0.1, -0.05) is 11.2 Å². The van der Waals surface area contributed by atoms with Crippen LogP contribution in [-0.2, 0) is 6.42 Å². The standard InChI is InChI=1S/C15H12FN5O3S/c16-8-2-1-7-3-11(10(7)4-8)21-14(20-23-15(21)22)12-13(19-24-18-12)17-9-5-25-6-9/h1-2,4,9,11H,3,5-6H2,(H,17,19)/t11-/m0/s1. The minimum absolute atomic E-state index is 0.223. The van der Waals surface area contributed by atoms with Crippen LogP contribution >= 0.6 is 11.8 Å². The van der Waals surface area contributed by atoms with Crippen molar-refractivity contribution in [3.63, 3.8) is 0 Å². The molecule has 0 saturated carbocycles. The van der Waals surface area contributed by atoms with Crippen molar-refractivity contribution in [3.8, 4) is 11.5 Å². The first-order valence-corrected chi connectivity index (χ1v) is 8.90. The molecule has 0 unspecified atom stereocenters.